The highest BCUT2D eigenvalue weighted by atomic mass is 16.5. The summed E-state index contributed by atoms with van der Waals surface area (Å²) in [7, 11) is 3.14. The molecule has 9 nitrogen and oxygen atoms in total. The number of aryl methyl sites for hydroxylation is 2. The second-order valence-electron chi connectivity index (χ2n) is 6.78. The predicted molar refractivity (Wildman–Crippen MR) is 98.9 cm³/mol. The van der Waals surface area contributed by atoms with Gasteiger partial charge in [-0.25, -0.2) is 0 Å². The van der Waals surface area contributed by atoms with Crippen LogP contribution in [0, 0.1) is 12.8 Å². The molecule has 2 N–H and O–H groups in total. The summed E-state index contributed by atoms with van der Waals surface area (Å²) in [6, 6.07) is 5.56. The zero-order valence-electron chi connectivity index (χ0n) is 16.2. The number of benzene rings is 1. The van der Waals surface area contributed by atoms with E-state index in [1.54, 1.807) is 26.0 Å². The minimum atomic E-state index is -0.537. The molecule has 2 aromatic rings. The number of methoxy groups -OCH3 is 2. The fraction of sp³-hybridized carbons (Fsp3) is 0.474. The maximum atomic E-state index is 12.7. The molecule has 1 aliphatic heterocycles. The van der Waals surface area contributed by atoms with E-state index in [0.29, 0.717) is 42.6 Å². The van der Waals surface area contributed by atoms with Crippen molar-refractivity contribution in [2.75, 3.05) is 27.3 Å². The molecule has 1 fully saturated rings. The van der Waals surface area contributed by atoms with Crippen LogP contribution in [-0.2, 0) is 16.0 Å². The number of hydrogen-bond donors (Lipinski definition) is 1. The molecule has 0 unspecified atom stereocenters. The minimum Gasteiger partial charge on any atom is -0.493 e. The lowest BCUT2D eigenvalue weighted by atomic mass is 9.95. The van der Waals surface area contributed by atoms with Crippen molar-refractivity contribution in [2.45, 2.75) is 25.7 Å². The van der Waals surface area contributed by atoms with E-state index in [1.165, 1.54) is 0 Å². The molecule has 0 aliphatic carbocycles. The average molecular weight is 388 g/mol. The van der Waals surface area contributed by atoms with Crippen molar-refractivity contribution in [1.29, 1.82) is 0 Å². The summed E-state index contributed by atoms with van der Waals surface area (Å²) in [6.07, 6.45) is 0.845. The van der Waals surface area contributed by atoms with Crippen LogP contribution in [0.15, 0.2) is 22.7 Å². The number of hydrogen-bond acceptors (Lipinski definition) is 7. The van der Waals surface area contributed by atoms with E-state index >= 15 is 0 Å². The first-order valence-electron chi connectivity index (χ1n) is 9.01. The van der Waals surface area contributed by atoms with Gasteiger partial charge in [0.25, 0.3) is 0 Å². The van der Waals surface area contributed by atoms with Crippen LogP contribution < -0.4 is 15.2 Å². The van der Waals surface area contributed by atoms with Crippen molar-refractivity contribution < 1.29 is 23.6 Å². The molecule has 1 aliphatic rings. The van der Waals surface area contributed by atoms with E-state index in [2.05, 4.69) is 10.1 Å². The molecule has 0 bridgehead atoms. The number of nitrogens with zero attached hydrogens (tertiary/aromatic N) is 3. The molecule has 28 heavy (non-hydrogen) atoms. The van der Waals surface area contributed by atoms with Gasteiger partial charge in [-0.05, 0) is 31.0 Å². The molecule has 0 spiro atoms. The van der Waals surface area contributed by atoms with Crippen LogP contribution in [0.5, 0.6) is 11.5 Å². The minimum absolute atomic E-state index is 0.0558. The molecule has 2 heterocycles. The molecule has 9 heteroatoms. The Balaban J connectivity index is 1.65. The Morgan fingerprint density at radius 1 is 1.25 bits per heavy atom. The second-order valence-corrected chi connectivity index (χ2v) is 6.78. The van der Waals surface area contributed by atoms with Gasteiger partial charge in [-0.15, -0.1) is 0 Å². The van der Waals surface area contributed by atoms with Crippen LogP contribution in [0.25, 0.3) is 0 Å². The Morgan fingerprint density at radius 2 is 2.00 bits per heavy atom. The van der Waals surface area contributed by atoms with Crippen LogP contribution in [0.4, 0.5) is 0 Å². The number of rotatable bonds is 7. The number of carbonyl (C=O) groups excluding carboxylic acids is 2. The van der Waals surface area contributed by atoms with Crippen LogP contribution >= 0.6 is 0 Å². The van der Waals surface area contributed by atoms with E-state index < -0.39 is 11.8 Å². The van der Waals surface area contributed by atoms with E-state index in [1.807, 2.05) is 18.2 Å². The van der Waals surface area contributed by atoms with Gasteiger partial charge in [0.1, 0.15) is 0 Å². The van der Waals surface area contributed by atoms with E-state index in [0.717, 1.165) is 5.56 Å². The van der Waals surface area contributed by atoms with Crippen molar-refractivity contribution >= 4 is 11.8 Å². The zero-order chi connectivity index (χ0) is 20.3. The Morgan fingerprint density at radius 3 is 2.61 bits per heavy atom. The Kier molecular flexibility index (Phi) is 5.81. The first kappa shape index (κ1) is 19.7. The van der Waals surface area contributed by atoms with Gasteiger partial charge in [0, 0.05) is 19.5 Å². The molecule has 1 aromatic carbocycles. The van der Waals surface area contributed by atoms with Crippen LogP contribution in [0.2, 0.25) is 0 Å². The first-order valence-corrected chi connectivity index (χ1v) is 9.01. The predicted octanol–water partition coefficient (Wildman–Crippen LogP) is 1.06. The highest BCUT2D eigenvalue weighted by Crippen LogP contribution is 2.32. The largest absolute Gasteiger partial charge is 0.493 e. The third kappa shape index (κ3) is 4.08. The van der Waals surface area contributed by atoms with Gasteiger partial charge in [-0.3, -0.25) is 9.59 Å². The third-order valence-corrected chi connectivity index (χ3v) is 4.97. The number of primary amides is 1. The van der Waals surface area contributed by atoms with Gasteiger partial charge in [0.2, 0.25) is 17.7 Å². The summed E-state index contributed by atoms with van der Waals surface area (Å²) >= 11 is 0. The van der Waals surface area contributed by atoms with Crippen LogP contribution in [0.3, 0.4) is 0 Å². The second kappa shape index (κ2) is 8.28. The van der Waals surface area contributed by atoms with Crippen molar-refractivity contribution in [3.63, 3.8) is 0 Å². The summed E-state index contributed by atoms with van der Waals surface area (Å²) in [5.74, 6) is 0.644. The maximum absolute atomic E-state index is 12.7. The van der Waals surface area contributed by atoms with Crippen LogP contribution in [0.1, 0.15) is 29.6 Å². The van der Waals surface area contributed by atoms with Gasteiger partial charge >= 0.3 is 0 Å². The SMILES string of the molecule is COc1ccc(CCC(=O)N2C[C@@H](C(N)=O)[C@H](c3nc(C)no3)C2)cc1OC. The molecule has 2 atom stereocenters. The maximum Gasteiger partial charge on any atom is 0.232 e. The number of aromatic nitrogens is 2. The smallest absolute Gasteiger partial charge is 0.232 e. The lowest BCUT2D eigenvalue weighted by Crippen LogP contribution is -2.32. The van der Waals surface area contributed by atoms with E-state index in [9.17, 15) is 9.59 Å². The summed E-state index contributed by atoms with van der Waals surface area (Å²) in [6.45, 7) is 2.29. The fourth-order valence-corrected chi connectivity index (χ4v) is 3.46. The highest BCUT2D eigenvalue weighted by molar-refractivity contribution is 5.82. The molecule has 1 aromatic heterocycles. The lowest BCUT2D eigenvalue weighted by Gasteiger charge is -2.16. The molecular formula is C19H24N4O5. The molecule has 150 valence electrons. The summed E-state index contributed by atoms with van der Waals surface area (Å²) < 4.78 is 15.7. The van der Waals surface area contributed by atoms with Gasteiger partial charge in [-0.1, -0.05) is 11.2 Å². The normalized spacial score (nSPS) is 18.9. The monoisotopic (exact) mass is 388 g/mol. The quantitative estimate of drug-likeness (QED) is 0.752. The average Bonchev–Trinajstić information content (AvgIpc) is 3.32. The van der Waals surface area contributed by atoms with Crippen molar-refractivity contribution in [2.24, 2.45) is 11.7 Å². The zero-order valence-corrected chi connectivity index (χ0v) is 16.2. The molecule has 0 saturated carbocycles. The molecule has 2 amide bonds. The Hall–Kier alpha value is -3.10. The Labute approximate surface area is 162 Å². The topological polar surface area (TPSA) is 121 Å². The van der Waals surface area contributed by atoms with Crippen molar-refractivity contribution in [3.8, 4) is 11.5 Å². The van der Waals surface area contributed by atoms with Gasteiger partial charge in [0.05, 0.1) is 26.1 Å². The van der Waals surface area contributed by atoms with Gasteiger partial charge < -0.3 is 24.6 Å². The number of amides is 2. The molecule has 0 radical (unpaired) electrons. The Bertz CT molecular complexity index is 866. The molecular weight excluding hydrogens is 364 g/mol. The number of ether oxygens (including phenoxy) is 2. The van der Waals surface area contributed by atoms with Gasteiger partial charge in [0.15, 0.2) is 17.3 Å². The van der Waals surface area contributed by atoms with E-state index in [-0.39, 0.29) is 18.4 Å². The summed E-state index contributed by atoms with van der Waals surface area (Å²) in [5.41, 5.74) is 6.49. The van der Waals surface area contributed by atoms with Crippen molar-refractivity contribution in [3.05, 3.63) is 35.5 Å². The van der Waals surface area contributed by atoms with E-state index in [4.69, 9.17) is 19.7 Å². The highest BCUT2D eigenvalue weighted by Gasteiger charge is 2.42. The lowest BCUT2D eigenvalue weighted by molar-refractivity contribution is -0.130. The number of likely N-dealkylation sites (tertiary alicyclic amines) is 1. The number of carbonyl (C=O) groups is 2. The first-order chi connectivity index (χ1) is 13.4. The third-order valence-electron chi connectivity index (χ3n) is 4.97. The molecule has 1 saturated heterocycles. The molecule has 3 rings (SSSR count). The standard InChI is InChI=1S/C19H24N4O5/c1-11-21-19(28-22-11)14-10-23(9-13(14)18(20)25)17(24)7-5-12-4-6-15(26-2)16(8-12)27-3/h4,6,8,13-14H,5,7,9-10H2,1-3H3,(H2,20,25)/t13-,14-/m1/s1. The summed E-state index contributed by atoms with van der Waals surface area (Å²) in [4.78, 5) is 30.4. The number of nitrogens with two attached hydrogens (primary N) is 1. The van der Waals surface area contributed by atoms with Crippen molar-refractivity contribution in [1.82, 2.24) is 15.0 Å². The fourth-order valence-electron chi connectivity index (χ4n) is 3.46. The van der Waals surface area contributed by atoms with Gasteiger partial charge in [-0.2, -0.15) is 4.98 Å². The summed E-state index contributed by atoms with van der Waals surface area (Å²) in [5, 5.41) is 3.77. The van der Waals surface area contributed by atoms with Crippen LogP contribution in [-0.4, -0.2) is 54.2 Å².